The average Bonchev–Trinajstić information content (AvgIpc) is 2.80. The Morgan fingerprint density at radius 1 is 1.37 bits per heavy atom. The zero-order valence-corrected chi connectivity index (χ0v) is 12.2. The molecule has 0 aliphatic carbocycles. The fourth-order valence-corrected chi connectivity index (χ4v) is 3.05. The van der Waals surface area contributed by atoms with Gasteiger partial charge in [0.1, 0.15) is 11.6 Å². The van der Waals surface area contributed by atoms with Crippen molar-refractivity contribution in [2.75, 3.05) is 5.75 Å². The van der Waals surface area contributed by atoms with Gasteiger partial charge in [-0.1, -0.05) is 18.2 Å². The summed E-state index contributed by atoms with van der Waals surface area (Å²) in [6.07, 6.45) is 4.89. The van der Waals surface area contributed by atoms with Gasteiger partial charge in [-0.05, 0) is 32.1 Å². The number of hydrogen-bond acceptors (Lipinski definition) is 2. The van der Waals surface area contributed by atoms with E-state index in [4.69, 9.17) is 0 Å². The Hall–Kier alpha value is -1.29. The van der Waals surface area contributed by atoms with E-state index in [1.54, 1.807) is 17.8 Å². The molecule has 2 rings (SSSR count). The summed E-state index contributed by atoms with van der Waals surface area (Å²) < 4.78 is 15.7. The lowest BCUT2D eigenvalue weighted by Crippen LogP contribution is -2.01. The summed E-state index contributed by atoms with van der Waals surface area (Å²) in [6.45, 7) is 5.05. The predicted molar refractivity (Wildman–Crippen MR) is 78.9 cm³/mol. The number of hydrogen-bond donors (Lipinski definition) is 0. The first-order valence-electron chi connectivity index (χ1n) is 6.52. The molecule has 1 aromatic carbocycles. The molecule has 0 N–H and O–H groups in total. The summed E-state index contributed by atoms with van der Waals surface area (Å²) in [6, 6.07) is 7.02. The van der Waals surface area contributed by atoms with Crippen LogP contribution in [-0.4, -0.2) is 15.3 Å². The van der Waals surface area contributed by atoms with Crippen LogP contribution in [0, 0.1) is 12.7 Å². The fraction of sp³-hybridized carbons (Fsp3) is 0.400. The third kappa shape index (κ3) is 3.83. The highest BCUT2D eigenvalue weighted by atomic mass is 32.2. The third-order valence-electron chi connectivity index (χ3n) is 3.18. The summed E-state index contributed by atoms with van der Waals surface area (Å²) in [7, 11) is 0. The monoisotopic (exact) mass is 278 g/mol. The van der Waals surface area contributed by atoms with E-state index in [9.17, 15) is 4.39 Å². The average molecular weight is 278 g/mol. The first-order chi connectivity index (χ1) is 9.18. The number of aromatic nitrogens is 2. The molecular weight excluding hydrogens is 259 g/mol. The highest BCUT2D eigenvalue weighted by Gasteiger charge is 2.10. The van der Waals surface area contributed by atoms with Crippen molar-refractivity contribution in [1.29, 1.82) is 0 Å². The van der Waals surface area contributed by atoms with Crippen LogP contribution < -0.4 is 0 Å². The topological polar surface area (TPSA) is 17.8 Å². The van der Waals surface area contributed by atoms with Crippen molar-refractivity contribution >= 4 is 11.8 Å². The summed E-state index contributed by atoms with van der Waals surface area (Å²) in [5.74, 6) is 1.97. The zero-order valence-electron chi connectivity index (χ0n) is 11.3. The fourth-order valence-electron chi connectivity index (χ4n) is 2.03. The first-order valence-corrected chi connectivity index (χ1v) is 7.57. The van der Waals surface area contributed by atoms with Crippen LogP contribution in [0.5, 0.6) is 0 Å². The van der Waals surface area contributed by atoms with Gasteiger partial charge in [0, 0.05) is 29.8 Å². The van der Waals surface area contributed by atoms with Gasteiger partial charge < -0.3 is 4.57 Å². The minimum Gasteiger partial charge on any atom is -0.335 e. The van der Waals surface area contributed by atoms with Crippen molar-refractivity contribution in [2.45, 2.75) is 32.1 Å². The maximum atomic E-state index is 13.6. The van der Waals surface area contributed by atoms with E-state index < -0.39 is 0 Å². The lowest BCUT2D eigenvalue weighted by Gasteiger charge is -2.12. The van der Waals surface area contributed by atoms with Crippen LogP contribution >= 0.6 is 11.8 Å². The molecule has 4 heteroatoms. The number of imidazole rings is 1. The molecule has 0 bridgehead atoms. The molecule has 1 unspecified atom stereocenters. The van der Waals surface area contributed by atoms with E-state index in [2.05, 4.69) is 16.5 Å². The summed E-state index contributed by atoms with van der Waals surface area (Å²) in [5, 5.41) is 0.199. The molecule has 102 valence electrons. The molecule has 1 heterocycles. The number of aryl methyl sites for hydroxylation is 2. The molecule has 1 atom stereocenters. The number of halogens is 1. The minimum atomic E-state index is -0.104. The van der Waals surface area contributed by atoms with Crippen molar-refractivity contribution in [3.05, 3.63) is 53.9 Å². The van der Waals surface area contributed by atoms with Gasteiger partial charge in [0.25, 0.3) is 0 Å². The van der Waals surface area contributed by atoms with Gasteiger partial charge in [-0.3, -0.25) is 0 Å². The van der Waals surface area contributed by atoms with E-state index in [1.165, 1.54) is 6.07 Å². The molecular formula is C15H19FN2S. The molecule has 2 nitrogen and oxygen atoms in total. The van der Waals surface area contributed by atoms with Gasteiger partial charge in [-0.25, -0.2) is 9.37 Å². The van der Waals surface area contributed by atoms with E-state index in [-0.39, 0.29) is 11.1 Å². The molecule has 0 radical (unpaired) electrons. The van der Waals surface area contributed by atoms with Crippen molar-refractivity contribution in [2.24, 2.45) is 0 Å². The summed E-state index contributed by atoms with van der Waals surface area (Å²) in [4.78, 5) is 4.20. The molecule has 19 heavy (non-hydrogen) atoms. The van der Waals surface area contributed by atoms with Crippen molar-refractivity contribution in [1.82, 2.24) is 9.55 Å². The number of nitrogens with zero attached hydrogens (tertiary/aromatic N) is 2. The lowest BCUT2D eigenvalue weighted by atomic mass is 10.1. The van der Waals surface area contributed by atoms with Crippen molar-refractivity contribution in [3.8, 4) is 0 Å². The molecule has 0 aliphatic heterocycles. The largest absolute Gasteiger partial charge is 0.335 e. The second-order valence-electron chi connectivity index (χ2n) is 4.56. The Labute approximate surface area is 118 Å². The zero-order chi connectivity index (χ0) is 13.7. The van der Waals surface area contributed by atoms with Crippen LogP contribution in [0.15, 0.2) is 36.7 Å². The van der Waals surface area contributed by atoms with Crippen LogP contribution in [0.3, 0.4) is 0 Å². The molecule has 0 spiro atoms. The van der Waals surface area contributed by atoms with Crippen molar-refractivity contribution in [3.63, 3.8) is 0 Å². The SMILES string of the molecule is Cc1nccn1CCCSC(C)c1ccccc1F. The van der Waals surface area contributed by atoms with E-state index in [0.29, 0.717) is 0 Å². The van der Waals surface area contributed by atoms with Gasteiger partial charge >= 0.3 is 0 Å². The molecule has 1 aromatic heterocycles. The van der Waals surface area contributed by atoms with Gasteiger partial charge in [-0.15, -0.1) is 0 Å². The van der Waals surface area contributed by atoms with E-state index >= 15 is 0 Å². The van der Waals surface area contributed by atoms with Crippen molar-refractivity contribution < 1.29 is 4.39 Å². The molecule has 0 fully saturated rings. The Balaban J connectivity index is 1.77. The lowest BCUT2D eigenvalue weighted by molar-refractivity contribution is 0.610. The van der Waals surface area contributed by atoms with Crippen LogP contribution in [-0.2, 0) is 6.54 Å². The normalized spacial score (nSPS) is 12.6. The minimum absolute atomic E-state index is 0.104. The quantitative estimate of drug-likeness (QED) is 0.736. The molecule has 2 aromatic rings. The maximum Gasteiger partial charge on any atom is 0.127 e. The van der Waals surface area contributed by atoms with Crippen LogP contribution in [0.25, 0.3) is 0 Å². The third-order valence-corrected chi connectivity index (χ3v) is 4.46. The van der Waals surface area contributed by atoms with E-state index in [1.807, 2.05) is 31.5 Å². The number of rotatable bonds is 6. The van der Waals surface area contributed by atoms with Crippen LogP contribution in [0.1, 0.15) is 30.0 Å². The molecule has 0 saturated carbocycles. The van der Waals surface area contributed by atoms with Gasteiger partial charge in [-0.2, -0.15) is 11.8 Å². The summed E-state index contributed by atoms with van der Waals surface area (Å²) in [5.41, 5.74) is 0.798. The smallest absolute Gasteiger partial charge is 0.127 e. The van der Waals surface area contributed by atoms with Crippen LogP contribution in [0.2, 0.25) is 0 Å². The first kappa shape index (κ1) is 14.1. The maximum absolute atomic E-state index is 13.6. The second-order valence-corrected chi connectivity index (χ2v) is 6.00. The second kappa shape index (κ2) is 6.75. The Morgan fingerprint density at radius 3 is 2.84 bits per heavy atom. The standard InChI is InChI=1S/C15H19FN2S/c1-12(14-6-3-4-7-15(14)16)19-11-5-9-18-10-8-17-13(18)2/h3-4,6-8,10,12H,5,9,11H2,1-2H3. The van der Waals surface area contributed by atoms with Gasteiger partial charge in [0.2, 0.25) is 0 Å². The highest BCUT2D eigenvalue weighted by molar-refractivity contribution is 7.99. The van der Waals surface area contributed by atoms with Gasteiger partial charge in [0.05, 0.1) is 0 Å². The molecule has 0 amide bonds. The van der Waals surface area contributed by atoms with Crippen LogP contribution in [0.4, 0.5) is 4.39 Å². The highest BCUT2D eigenvalue weighted by Crippen LogP contribution is 2.30. The molecule has 0 saturated heterocycles. The number of thioether (sulfide) groups is 1. The number of benzene rings is 1. The predicted octanol–water partition coefficient (Wildman–Crippen LogP) is 4.22. The Kier molecular flexibility index (Phi) is 5.02. The Morgan fingerprint density at radius 2 is 2.16 bits per heavy atom. The summed E-state index contributed by atoms with van der Waals surface area (Å²) >= 11 is 1.80. The molecule has 0 aliphatic rings. The van der Waals surface area contributed by atoms with E-state index in [0.717, 1.165) is 30.1 Å². The Bertz CT molecular complexity index is 524. The van der Waals surface area contributed by atoms with Gasteiger partial charge in [0.15, 0.2) is 0 Å².